The Kier molecular flexibility index (Phi) is 6.54. The van der Waals surface area contributed by atoms with Crippen molar-refractivity contribution in [1.82, 2.24) is 9.99 Å². The van der Waals surface area contributed by atoms with Gasteiger partial charge in [-0.2, -0.15) is 5.10 Å². The molecule has 1 N–H and O–H groups in total. The Bertz CT molecular complexity index is 1020. The van der Waals surface area contributed by atoms with Crippen molar-refractivity contribution in [2.75, 3.05) is 0 Å². The first kappa shape index (κ1) is 20.9. The summed E-state index contributed by atoms with van der Waals surface area (Å²) in [6.07, 6.45) is 1.64. The maximum atomic E-state index is 13.2. The number of aryl methyl sites for hydroxylation is 2. The molecular formula is C23H24FN3OS. The number of amides is 1. The van der Waals surface area contributed by atoms with Crippen LogP contribution in [0.25, 0.3) is 5.69 Å². The van der Waals surface area contributed by atoms with Crippen LogP contribution in [-0.2, 0) is 4.79 Å². The number of thioether (sulfide) groups is 1. The van der Waals surface area contributed by atoms with Crippen molar-refractivity contribution in [2.24, 2.45) is 5.10 Å². The molecule has 3 aromatic rings. The minimum Gasteiger partial charge on any atom is -0.318 e. The summed E-state index contributed by atoms with van der Waals surface area (Å²) in [7, 11) is 0. The first-order valence-electron chi connectivity index (χ1n) is 9.36. The monoisotopic (exact) mass is 409 g/mol. The summed E-state index contributed by atoms with van der Waals surface area (Å²) in [6, 6.07) is 16.4. The molecule has 1 heterocycles. The van der Waals surface area contributed by atoms with Crippen LogP contribution >= 0.6 is 11.8 Å². The lowest BCUT2D eigenvalue weighted by Gasteiger charge is -2.10. The molecule has 0 fully saturated rings. The number of nitrogens with one attached hydrogen (secondary N) is 1. The predicted molar refractivity (Wildman–Crippen MR) is 117 cm³/mol. The highest BCUT2D eigenvalue weighted by Gasteiger charge is 2.14. The largest absolute Gasteiger partial charge is 0.318 e. The summed E-state index contributed by atoms with van der Waals surface area (Å²) in [5.41, 5.74) is 7.55. The molecule has 150 valence electrons. The second-order valence-electron chi connectivity index (χ2n) is 6.95. The Morgan fingerprint density at radius 3 is 2.41 bits per heavy atom. The first-order valence-corrected chi connectivity index (χ1v) is 10.2. The smallest absolute Gasteiger partial charge is 0.253 e. The zero-order chi connectivity index (χ0) is 21.0. The van der Waals surface area contributed by atoms with Gasteiger partial charge in [-0.1, -0.05) is 17.7 Å². The quantitative estimate of drug-likeness (QED) is 0.347. The number of hydrogen-bond donors (Lipinski definition) is 1. The van der Waals surface area contributed by atoms with Crippen LogP contribution in [-0.4, -0.2) is 21.9 Å². The number of nitrogens with zero attached hydrogens (tertiary/aromatic N) is 2. The van der Waals surface area contributed by atoms with E-state index in [1.54, 1.807) is 18.3 Å². The van der Waals surface area contributed by atoms with Gasteiger partial charge in [0.05, 0.1) is 11.5 Å². The number of carbonyl (C=O) groups excluding carboxylic acids is 1. The van der Waals surface area contributed by atoms with Gasteiger partial charge in [0.25, 0.3) is 5.91 Å². The predicted octanol–water partition coefficient (Wildman–Crippen LogP) is 5.17. The number of halogens is 1. The van der Waals surface area contributed by atoms with E-state index in [2.05, 4.69) is 10.5 Å². The van der Waals surface area contributed by atoms with Crippen LogP contribution in [0.4, 0.5) is 4.39 Å². The van der Waals surface area contributed by atoms with E-state index in [1.165, 1.54) is 29.5 Å². The van der Waals surface area contributed by atoms with Crippen molar-refractivity contribution in [2.45, 2.75) is 37.8 Å². The Balaban J connectivity index is 1.65. The van der Waals surface area contributed by atoms with Crippen molar-refractivity contribution in [3.63, 3.8) is 0 Å². The molecule has 0 bridgehead atoms. The van der Waals surface area contributed by atoms with Gasteiger partial charge in [0.15, 0.2) is 0 Å². The molecular weight excluding hydrogens is 385 g/mol. The third kappa shape index (κ3) is 5.15. The summed E-state index contributed by atoms with van der Waals surface area (Å²) in [5, 5.41) is 3.87. The van der Waals surface area contributed by atoms with E-state index in [0.717, 1.165) is 27.5 Å². The molecule has 1 atom stereocenters. The number of aromatic nitrogens is 1. The Hall–Kier alpha value is -2.86. The third-order valence-corrected chi connectivity index (χ3v) is 5.75. The van der Waals surface area contributed by atoms with E-state index < -0.39 is 0 Å². The van der Waals surface area contributed by atoms with Gasteiger partial charge >= 0.3 is 0 Å². The van der Waals surface area contributed by atoms with E-state index in [4.69, 9.17) is 0 Å². The molecule has 3 rings (SSSR count). The number of hydrogen-bond acceptors (Lipinski definition) is 3. The topological polar surface area (TPSA) is 46.4 Å². The SMILES string of the molecule is Cc1ccc(S[C@H](C)C(=O)N/N=C\c2cc(C)n(-c3ccc(F)cc3)c2C)cc1. The second-order valence-corrected chi connectivity index (χ2v) is 8.36. The van der Waals surface area contributed by atoms with Gasteiger partial charge in [0.1, 0.15) is 5.82 Å². The summed E-state index contributed by atoms with van der Waals surface area (Å²) in [5.74, 6) is -0.419. The molecule has 2 aromatic carbocycles. The maximum absolute atomic E-state index is 13.2. The summed E-state index contributed by atoms with van der Waals surface area (Å²) >= 11 is 1.49. The minimum atomic E-state index is -0.265. The molecule has 1 aromatic heterocycles. The minimum absolute atomic E-state index is 0.154. The molecule has 0 aliphatic heterocycles. The zero-order valence-corrected chi connectivity index (χ0v) is 17.8. The molecule has 0 saturated heterocycles. The van der Waals surface area contributed by atoms with Gasteiger partial charge in [-0.05, 0) is 70.2 Å². The van der Waals surface area contributed by atoms with E-state index in [-0.39, 0.29) is 17.0 Å². The van der Waals surface area contributed by atoms with Gasteiger partial charge in [-0.3, -0.25) is 4.79 Å². The Labute approximate surface area is 174 Å². The molecule has 0 aliphatic rings. The van der Waals surface area contributed by atoms with Gasteiger partial charge in [0.2, 0.25) is 0 Å². The summed E-state index contributed by atoms with van der Waals surface area (Å²) < 4.78 is 15.2. The van der Waals surface area contributed by atoms with E-state index in [1.807, 2.05) is 62.6 Å². The van der Waals surface area contributed by atoms with E-state index in [0.29, 0.717) is 0 Å². The normalized spacial score (nSPS) is 12.3. The average Bonchev–Trinajstić information content (AvgIpc) is 2.97. The van der Waals surface area contributed by atoms with Gasteiger partial charge in [0, 0.05) is 27.5 Å². The molecule has 0 saturated carbocycles. The van der Waals surface area contributed by atoms with E-state index >= 15 is 0 Å². The highest BCUT2D eigenvalue weighted by atomic mass is 32.2. The maximum Gasteiger partial charge on any atom is 0.253 e. The average molecular weight is 410 g/mol. The van der Waals surface area contributed by atoms with Crippen LogP contribution in [0.3, 0.4) is 0 Å². The van der Waals surface area contributed by atoms with Crippen molar-refractivity contribution in [1.29, 1.82) is 0 Å². The Morgan fingerprint density at radius 2 is 1.76 bits per heavy atom. The van der Waals surface area contributed by atoms with Gasteiger partial charge in [-0.25, -0.2) is 9.82 Å². The number of rotatable bonds is 6. The Morgan fingerprint density at radius 1 is 1.10 bits per heavy atom. The van der Waals surface area contributed by atoms with Gasteiger partial charge < -0.3 is 4.57 Å². The fraction of sp³-hybridized carbons (Fsp3) is 0.217. The second kappa shape index (κ2) is 9.09. The van der Waals surface area contributed by atoms with Crippen molar-refractivity contribution < 1.29 is 9.18 Å². The van der Waals surface area contributed by atoms with Crippen LogP contribution < -0.4 is 5.43 Å². The number of carbonyl (C=O) groups is 1. The third-order valence-electron chi connectivity index (χ3n) is 4.64. The molecule has 6 heteroatoms. The van der Waals surface area contributed by atoms with Crippen LogP contribution in [0.1, 0.15) is 29.4 Å². The van der Waals surface area contributed by atoms with E-state index in [9.17, 15) is 9.18 Å². The fourth-order valence-electron chi connectivity index (χ4n) is 3.04. The van der Waals surface area contributed by atoms with Crippen LogP contribution in [0.15, 0.2) is 64.6 Å². The highest BCUT2D eigenvalue weighted by molar-refractivity contribution is 8.00. The molecule has 0 spiro atoms. The summed E-state index contributed by atoms with van der Waals surface area (Å²) in [4.78, 5) is 13.4. The lowest BCUT2D eigenvalue weighted by atomic mass is 10.2. The van der Waals surface area contributed by atoms with Gasteiger partial charge in [-0.15, -0.1) is 11.8 Å². The van der Waals surface area contributed by atoms with Crippen molar-refractivity contribution in [3.05, 3.63) is 82.9 Å². The molecule has 1 amide bonds. The van der Waals surface area contributed by atoms with Crippen LogP contribution in [0, 0.1) is 26.6 Å². The van der Waals surface area contributed by atoms with Crippen LogP contribution in [0.5, 0.6) is 0 Å². The number of hydrazone groups is 1. The number of benzene rings is 2. The van der Waals surface area contributed by atoms with Crippen molar-refractivity contribution in [3.8, 4) is 5.69 Å². The molecule has 0 unspecified atom stereocenters. The lowest BCUT2D eigenvalue weighted by Crippen LogP contribution is -2.26. The first-order chi connectivity index (χ1) is 13.8. The highest BCUT2D eigenvalue weighted by Crippen LogP contribution is 2.23. The summed E-state index contributed by atoms with van der Waals surface area (Å²) in [6.45, 7) is 7.84. The van der Waals surface area contributed by atoms with Crippen molar-refractivity contribution >= 4 is 23.9 Å². The lowest BCUT2D eigenvalue weighted by molar-refractivity contribution is -0.120. The molecule has 0 aliphatic carbocycles. The standard InChI is InChI=1S/C23H24FN3OS/c1-15-5-11-22(12-6-15)29-18(4)23(28)26-25-14-19-13-16(2)27(17(19)3)21-9-7-20(24)8-10-21/h5-14,18H,1-4H3,(H,26,28)/b25-14-/t18-/m1/s1. The molecule has 29 heavy (non-hydrogen) atoms. The van der Waals surface area contributed by atoms with Crippen LogP contribution in [0.2, 0.25) is 0 Å². The fourth-order valence-corrected chi connectivity index (χ4v) is 3.90. The zero-order valence-electron chi connectivity index (χ0n) is 16.9. The molecule has 0 radical (unpaired) electrons. The molecule has 4 nitrogen and oxygen atoms in total.